The minimum absolute atomic E-state index is 0.0287. The van der Waals surface area contributed by atoms with E-state index < -0.39 is 17.8 Å². The lowest BCUT2D eigenvalue weighted by molar-refractivity contribution is -0.137. The minimum atomic E-state index is -4.39. The first-order valence-corrected chi connectivity index (χ1v) is 8.61. The van der Waals surface area contributed by atoms with Crippen molar-refractivity contribution in [2.75, 3.05) is 7.11 Å². The van der Waals surface area contributed by atoms with E-state index >= 15 is 0 Å². The van der Waals surface area contributed by atoms with E-state index in [-0.39, 0.29) is 12.6 Å². The Balaban J connectivity index is 1.76. The Kier molecular flexibility index (Phi) is 7.10. The van der Waals surface area contributed by atoms with Gasteiger partial charge in [-0.05, 0) is 55.2 Å². The molecule has 2 N–H and O–H groups in total. The van der Waals surface area contributed by atoms with Gasteiger partial charge in [0.15, 0.2) is 0 Å². The summed E-state index contributed by atoms with van der Waals surface area (Å²) in [5.74, 6) is 0.791. The van der Waals surface area contributed by atoms with Crippen molar-refractivity contribution in [2.24, 2.45) is 0 Å². The summed E-state index contributed by atoms with van der Waals surface area (Å²) >= 11 is 0. The lowest BCUT2D eigenvalue weighted by atomic mass is 10.1. The maximum atomic E-state index is 12.7. The molecule has 27 heavy (non-hydrogen) atoms. The summed E-state index contributed by atoms with van der Waals surface area (Å²) in [5.41, 5.74) is 0.801. The molecule has 0 aliphatic rings. The van der Waals surface area contributed by atoms with Crippen LogP contribution in [0.4, 0.5) is 18.0 Å². The van der Waals surface area contributed by atoms with Crippen LogP contribution in [0.1, 0.15) is 30.0 Å². The second-order valence-corrected chi connectivity index (χ2v) is 6.31. The van der Waals surface area contributed by atoms with Crippen molar-refractivity contribution in [1.82, 2.24) is 10.6 Å². The summed E-state index contributed by atoms with van der Waals surface area (Å²) in [6, 6.07) is 12.1. The number of ether oxygens (including phenoxy) is 1. The summed E-state index contributed by atoms with van der Waals surface area (Å²) in [6.07, 6.45) is -2.86. The van der Waals surface area contributed by atoms with Crippen LogP contribution in [0.3, 0.4) is 0 Å². The van der Waals surface area contributed by atoms with Crippen molar-refractivity contribution in [1.29, 1.82) is 0 Å². The van der Waals surface area contributed by atoms with E-state index in [1.165, 1.54) is 6.07 Å². The van der Waals surface area contributed by atoms with Crippen LogP contribution in [0.2, 0.25) is 0 Å². The highest BCUT2D eigenvalue weighted by Gasteiger charge is 2.30. The van der Waals surface area contributed by atoms with Gasteiger partial charge in [0.2, 0.25) is 0 Å². The molecule has 0 aromatic heterocycles. The number of carbonyl (C=O) groups excluding carboxylic acids is 1. The molecule has 1 unspecified atom stereocenters. The van der Waals surface area contributed by atoms with Gasteiger partial charge in [-0.1, -0.05) is 24.3 Å². The third-order valence-electron chi connectivity index (χ3n) is 4.11. The van der Waals surface area contributed by atoms with Crippen LogP contribution in [0.5, 0.6) is 5.75 Å². The Labute approximate surface area is 156 Å². The fraction of sp³-hybridized carbons (Fsp3) is 0.350. The van der Waals surface area contributed by atoms with Crippen LogP contribution in [-0.2, 0) is 19.1 Å². The highest BCUT2D eigenvalue weighted by molar-refractivity contribution is 5.74. The van der Waals surface area contributed by atoms with Gasteiger partial charge in [-0.25, -0.2) is 4.79 Å². The molecular formula is C20H23F3N2O2. The van der Waals surface area contributed by atoms with E-state index in [4.69, 9.17) is 4.74 Å². The van der Waals surface area contributed by atoms with Gasteiger partial charge in [0.1, 0.15) is 5.75 Å². The maximum Gasteiger partial charge on any atom is 0.416 e. The number of carbonyl (C=O) groups is 1. The molecule has 0 spiro atoms. The number of hydrogen-bond donors (Lipinski definition) is 2. The van der Waals surface area contributed by atoms with Gasteiger partial charge in [0, 0.05) is 12.6 Å². The monoisotopic (exact) mass is 380 g/mol. The number of urea groups is 1. The molecule has 0 radical (unpaired) electrons. The number of hydrogen-bond acceptors (Lipinski definition) is 2. The van der Waals surface area contributed by atoms with Crippen molar-refractivity contribution < 1.29 is 22.7 Å². The van der Waals surface area contributed by atoms with E-state index in [9.17, 15) is 18.0 Å². The Hall–Kier alpha value is -2.70. The van der Waals surface area contributed by atoms with Gasteiger partial charge in [-0.15, -0.1) is 0 Å². The smallest absolute Gasteiger partial charge is 0.416 e. The first-order chi connectivity index (χ1) is 12.8. The average Bonchev–Trinajstić information content (AvgIpc) is 2.64. The zero-order chi connectivity index (χ0) is 19.9. The van der Waals surface area contributed by atoms with Crippen molar-refractivity contribution >= 4 is 6.03 Å². The Bertz CT molecular complexity index is 746. The lowest BCUT2D eigenvalue weighted by Crippen LogP contribution is -2.40. The van der Waals surface area contributed by atoms with Crippen LogP contribution in [0, 0.1) is 0 Å². The number of methoxy groups -OCH3 is 1. The molecule has 1 atom stereocenters. The van der Waals surface area contributed by atoms with Gasteiger partial charge >= 0.3 is 12.2 Å². The molecule has 0 saturated heterocycles. The van der Waals surface area contributed by atoms with Crippen molar-refractivity contribution in [2.45, 2.75) is 38.5 Å². The molecule has 0 aliphatic heterocycles. The number of nitrogens with one attached hydrogen (secondary N) is 2. The van der Waals surface area contributed by atoms with Crippen LogP contribution in [-0.4, -0.2) is 19.2 Å². The first kappa shape index (κ1) is 20.6. The molecule has 0 fully saturated rings. The normalized spacial score (nSPS) is 12.3. The summed E-state index contributed by atoms with van der Waals surface area (Å²) in [7, 11) is 1.61. The van der Waals surface area contributed by atoms with Crippen LogP contribution >= 0.6 is 0 Å². The molecule has 146 valence electrons. The van der Waals surface area contributed by atoms with Crippen LogP contribution in [0.15, 0.2) is 48.5 Å². The number of rotatable bonds is 7. The molecular weight excluding hydrogens is 357 g/mol. The molecule has 0 saturated carbocycles. The quantitative estimate of drug-likeness (QED) is 0.741. The van der Waals surface area contributed by atoms with Gasteiger partial charge < -0.3 is 15.4 Å². The van der Waals surface area contributed by atoms with Crippen molar-refractivity contribution in [3.8, 4) is 5.75 Å². The summed E-state index contributed by atoms with van der Waals surface area (Å²) in [6.45, 7) is 1.91. The highest BCUT2D eigenvalue weighted by Crippen LogP contribution is 2.29. The fourth-order valence-corrected chi connectivity index (χ4v) is 2.56. The third kappa shape index (κ3) is 6.84. The number of aryl methyl sites for hydroxylation is 1. The minimum Gasteiger partial charge on any atom is -0.497 e. The van der Waals surface area contributed by atoms with E-state index in [0.717, 1.165) is 36.3 Å². The van der Waals surface area contributed by atoms with Crippen LogP contribution in [0.25, 0.3) is 0 Å². The molecule has 0 heterocycles. The first-order valence-electron chi connectivity index (χ1n) is 8.61. The van der Waals surface area contributed by atoms with Gasteiger partial charge in [-0.3, -0.25) is 0 Å². The molecule has 7 heteroatoms. The second-order valence-electron chi connectivity index (χ2n) is 6.31. The molecule has 2 aromatic carbocycles. The zero-order valence-corrected chi connectivity index (χ0v) is 15.3. The summed E-state index contributed by atoms with van der Waals surface area (Å²) in [5, 5.41) is 5.38. The molecule has 0 aliphatic carbocycles. The van der Waals surface area contributed by atoms with E-state index in [1.54, 1.807) is 13.2 Å². The van der Waals surface area contributed by atoms with E-state index in [0.29, 0.717) is 5.56 Å². The molecule has 2 amide bonds. The number of halogens is 3. The molecule has 4 nitrogen and oxygen atoms in total. The highest BCUT2D eigenvalue weighted by atomic mass is 19.4. The Morgan fingerprint density at radius 3 is 2.44 bits per heavy atom. The predicted molar refractivity (Wildman–Crippen MR) is 97.6 cm³/mol. The number of alkyl halides is 3. The average molecular weight is 380 g/mol. The third-order valence-corrected chi connectivity index (χ3v) is 4.11. The van der Waals surface area contributed by atoms with E-state index in [2.05, 4.69) is 10.6 Å². The van der Waals surface area contributed by atoms with Crippen LogP contribution < -0.4 is 15.4 Å². The van der Waals surface area contributed by atoms with Crippen molar-refractivity contribution in [3.63, 3.8) is 0 Å². The Morgan fingerprint density at radius 1 is 1.11 bits per heavy atom. The molecule has 0 bridgehead atoms. The van der Waals surface area contributed by atoms with Gasteiger partial charge in [0.05, 0.1) is 12.7 Å². The summed E-state index contributed by atoms with van der Waals surface area (Å²) < 4.78 is 43.2. The predicted octanol–water partition coefficient (Wildman–Crippen LogP) is 4.53. The number of amides is 2. The molecule has 2 aromatic rings. The second kappa shape index (κ2) is 9.30. The van der Waals surface area contributed by atoms with Crippen molar-refractivity contribution in [3.05, 3.63) is 65.2 Å². The maximum absolute atomic E-state index is 12.7. The van der Waals surface area contributed by atoms with E-state index in [1.807, 2.05) is 31.2 Å². The summed E-state index contributed by atoms with van der Waals surface area (Å²) in [4.78, 5) is 11.9. The fourth-order valence-electron chi connectivity index (χ4n) is 2.56. The SMILES string of the molecule is COc1ccc(CCC(C)NC(=O)NCc2cccc(C(F)(F)F)c2)cc1. The molecule has 2 rings (SSSR count). The largest absolute Gasteiger partial charge is 0.497 e. The van der Waals surface area contributed by atoms with Gasteiger partial charge in [-0.2, -0.15) is 13.2 Å². The standard InChI is InChI=1S/C20H23F3N2O2/c1-14(6-7-15-8-10-18(27-2)11-9-15)25-19(26)24-13-16-4-3-5-17(12-16)20(21,22)23/h3-5,8-12,14H,6-7,13H2,1-2H3,(H2,24,25,26). The van der Waals surface area contributed by atoms with Gasteiger partial charge in [0.25, 0.3) is 0 Å². The number of benzene rings is 2. The Morgan fingerprint density at radius 2 is 1.81 bits per heavy atom. The zero-order valence-electron chi connectivity index (χ0n) is 15.3. The lowest BCUT2D eigenvalue weighted by Gasteiger charge is -2.15. The topological polar surface area (TPSA) is 50.4 Å².